The predicted molar refractivity (Wildman–Crippen MR) is 82.7 cm³/mol. The van der Waals surface area contributed by atoms with Crippen LogP contribution in [0.4, 0.5) is 0 Å². The van der Waals surface area contributed by atoms with Gasteiger partial charge in [0.1, 0.15) is 0 Å². The smallest absolute Gasteiger partial charge is 0.0637 e. The minimum Gasteiger partial charge on any atom is -0.379 e. The lowest BCUT2D eigenvalue weighted by atomic mass is 9.95. The molecule has 3 heteroatoms. The van der Waals surface area contributed by atoms with Crippen LogP contribution in [0.1, 0.15) is 60.8 Å². The van der Waals surface area contributed by atoms with Crippen LogP contribution in [0.3, 0.4) is 0 Å². The zero-order valence-electron chi connectivity index (χ0n) is 14.0. The van der Waals surface area contributed by atoms with Crippen molar-refractivity contribution in [3.05, 3.63) is 0 Å². The molecule has 3 nitrogen and oxygen atoms in total. The van der Waals surface area contributed by atoms with E-state index in [1.807, 2.05) is 0 Å². The van der Waals surface area contributed by atoms with Gasteiger partial charge in [-0.3, -0.25) is 4.90 Å². The van der Waals surface area contributed by atoms with E-state index in [1.165, 1.54) is 25.9 Å². The molecule has 0 aromatic rings. The fraction of sp³-hybridized carbons (Fsp3) is 1.00. The molecule has 0 aromatic heterocycles. The number of rotatable bonds is 5. The van der Waals surface area contributed by atoms with E-state index in [0.29, 0.717) is 17.6 Å². The number of nitrogens with one attached hydrogen (secondary N) is 1. The van der Waals surface area contributed by atoms with Crippen LogP contribution in [-0.2, 0) is 4.74 Å². The van der Waals surface area contributed by atoms with Crippen LogP contribution in [0.15, 0.2) is 0 Å². The molecule has 0 spiro atoms. The molecule has 1 saturated heterocycles. The standard InChI is InChI=1S/C16H34N2O/c1-13(12-16(5,6)19-7)17-14-8-10-18(11-9-14)15(2,3)4/h13-14,17H,8-12H2,1-7H3. The van der Waals surface area contributed by atoms with Crippen LogP contribution in [0.25, 0.3) is 0 Å². The fourth-order valence-electron chi connectivity index (χ4n) is 3.00. The van der Waals surface area contributed by atoms with Crippen LogP contribution in [0.5, 0.6) is 0 Å². The summed E-state index contributed by atoms with van der Waals surface area (Å²) < 4.78 is 5.51. The Hall–Kier alpha value is -0.120. The second-order valence-electron chi connectivity index (χ2n) is 7.67. The van der Waals surface area contributed by atoms with Gasteiger partial charge in [0.05, 0.1) is 5.60 Å². The number of hydrogen-bond donors (Lipinski definition) is 1. The van der Waals surface area contributed by atoms with Crippen molar-refractivity contribution in [2.45, 2.75) is 84.0 Å². The second kappa shape index (κ2) is 6.55. The first kappa shape index (κ1) is 16.9. The monoisotopic (exact) mass is 270 g/mol. The summed E-state index contributed by atoms with van der Waals surface area (Å²) in [6.45, 7) is 15.9. The Morgan fingerprint density at radius 1 is 1.16 bits per heavy atom. The largest absolute Gasteiger partial charge is 0.379 e. The van der Waals surface area contributed by atoms with Crippen LogP contribution in [0, 0.1) is 0 Å². The van der Waals surface area contributed by atoms with Gasteiger partial charge >= 0.3 is 0 Å². The zero-order chi connectivity index (χ0) is 14.7. The minimum absolute atomic E-state index is 0.0292. The highest BCUT2D eigenvalue weighted by Crippen LogP contribution is 2.21. The highest BCUT2D eigenvalue weighted by Gasteiger charge is 2.28. The molecule has 1 N–H and O–H groups in total. The Labute approximate surface area is 120 Å². The van der Waals surface area contributed by atoms with Crippen molar-refractivity contribution >= 4 is 0 Å². The Morgan fingerprint density at radius 3 is 2.11 bits per heavy atom. The summed E-state index contributed by atoms with van der Waals surface area (Å²) in [4.78, 5) is 2.59. The first-order chi connectivity index (χ1) is 8.64. The average molecular weight is 270 g/mol. The molecule has 1 rings (SSSR count). The van der Waals surface area contributed by atoms with Crippen molar-refractivity contribution in [2.75, 3.05) is 20.2 Å². The van der Waals surface area contributed by atoms with Gasteiger partial charge in [-0.25, -0.2) is 0 Å². The molecule has 1 heterocycles. The third-order valence-corrected chi connectivity index (χ3v) is 4.31. The molecule has 1 atom stereocenters. The maximum atomic E-state index is 5.51. The maximum absolute atomic E-state index is 5.51. The number of nitrogens with zero attached hydrogens (tertiary/aromatic N) is 1. The summed E-state index contributed by atoms with van der Waals surface area (Å²) in [5, 5.41) is 3.77. The molecular formula is C16H34N2O. The summed E-state index contributed by atoms with van der Waals surface area (Å²) in [7, 11) is 1.80. The van der Waals surface area contributed by atoms with Crippen molar-refractivity contribution in [3.63, 3.8) is 0 Å². The van der Waals surface area contributed by atoms with Crippen molar-refractivity contribution in [1.29, 1.82) is 0 Å². The molecule has 1 unspecified atom stereocenters. The van der Waals surface area contributed by atoms with Gasteiger partial charge in [0.2, 0.25) is 0 Å². The first-order valence-electron chi connectivity index (χ1n) is 7.70. The highest BCUT2D eigenvalue weighted by atomic mass is 16.5. The quantitative estimate of drug-likeness (QED) is 0.831. The lowest BCUT2D eigenvalue weighted by molar-refractivity contribution is 0.00626. The van der Waals surface area contributed by atoms with Gasteiger partial charge in [0.15, 0.2) is 0 Å². The number of hydrogen-bond acceptors (Lipinski definition) is 3. The third kappa shape index (κ3) is 5.80. The van der Waals surface area contributed by atoms with E-state index in [2.05, 4.69) is 51.8 Å². The minimum atomic E-state index is -0.0292. The Bertz CT molecular complexity index is 262. The molecule has 0 aromatic carbocycles. The van der Waals surface area contributed by atoms with E-state index in [1.54, 1.807) is 7.11 Å². The molecule has 114 valence electrons. The van der Waals surface area contributed by atoms with Gasteiger partial charge in [-0.1, -0.05) is 0 Å². The molecule has 0 amide bonds. The van der Waals surface area contributed by atoms with Crippen molar-refractivity contribution in [2.24, 2.45) is 0 Å². The van der Waals surface area contributed by atoms with Gasteiger partial charge in [-0.05, 0) is 60.8 Å². The van der Waals surface area contributed by atoms with E-state index >= 15 is 0 Å². The summed E-state index contributed by atoms with van der Waals surface area (Å²) >= 11 is 0. The topological polar surface area (TPSA) is 24.5 Å². The normalized spacial score (nSPS) is 21.6. The second-order valence-corrected chi connectivity index (χ2v) is 7.67. The van der Waals surface area contributed by atoms with E-state index in [-0.39, 0.29) is 5.60 Å². The average Bonchev–Trinajstić information content (AvgIpc) is 2.27. The van der Waals surface area contributed by atoms with E-state index in [0.717, 1.165) is 6.42 Å². The van der Waals surface area contributed by atoms with Crippen LogP contribution in [-0.4, -0.2) is 48.3 Å². The summed E-state index contributed by atoms with van der Waals surface area (Å²) in [6, 6.07) is 1.18. The summed E-state index contributed by atoms with van der Waals surface area (Å²) in [5.41, 5.74) is 0.285. The van der Waals surface area contributed by atoms with Gasteiger partial charge < -0.3 is 10.1 Å². The molecule has 0 saturated carbocycles. The number of methoxy groups -OCH3 is 1. The molecule has 0 radical (unpaired) electrons. The SMILES string of the molecule is COC(C)(C)CC(C)NC1CCN(C(C)(C)C)CC1. The molecule has 0 bridgehead atoms. The molecule has 1 fully saturated rings. The fourth-order valence-corrected chi connectivity index (χ4v) is 3.00. The molecular weight excluding hydrogens is 236 g/mol. The van der Waals surface area contributed by atoms with Gasteiger partial charge in [-0.15, -0.1) is 0 Å². The first-order valence-corrected chi connectivity index (χ1v) is 7.70. The molecule has 1 aliphatic rings. The van der Waals surface area contributed by atoms with Gasteiger partial charge in [0.25, 0.3) is 0 Å². The van der Waals surface area contributed by atoms with Crippen LogP contribution < -0.4 is 5.32 Å². The number of piperidine rings is 1. The predicted octanol–water partition coefficient (Wildman–Crippen LogP) is 3.04. The Balaban J connectivity index is 2.33. The van der Waals surface area contributed by atoms with Crippen molar-refractivity contribution in [1.82, 2.24) is 10.2 Å². The highest BCUT2D eigenvalue weighted by molar-refractivity contribution is 4.86. The van der Waals surface area contributed by atoms with E-state index in [4.69, 9.17) is 4.74 Å². The van der Waals surface area contributed by atoms with E-state index < -0.39 is 0 Å². The molecule has 1 aliphatic heterocycles. The van der Waals surface area contributed by atoms with Crippen molar-refractivity contribution < 1.29 is 4.74 Å². The van der Waals surface area contributed by atoms with Crippen LogP contribution in [0.2, 0.25) is 0 Å². The number of likely N-dealkylation sites (tertiary alicyclic amines) is 1. The van der Waals surface area contributed by atoms with Crippen molar-refractivity contribution in [3.8, 4) is 0 Å². The summed E-state index contributed by atoms with van der Waals surface area (Å²) in [6.07, 6.45) is 3.58. The lowest BCUT2D eigenvalue weighted by Gasteiger charge is -2.42. The molecule has 0 aliphatic carbocycles. The maximum Gasteiger partial charge on any atom is 0.0637 e. The van der Waals surface area contributed by atoms with Crippen LogP contribution >= 0.6 is 0 Å². The molecule has 19 heavy (non-hydrogen) atoms. The zero-order valence-corrected chi connectivity index (χ0v) is 14.0. The van der Waals surface area contributed by atoms with Gasteiger partial charge in [0, 0.05) is 37.8 Å². The Kier molecular flexibility index (Phi) is 5.84. The number of ether oxygens (including phenoxy) is 1. The Morgan fingerprint density at radius 2 is 1.68 bits per heavy atom. The van der Waals surface area contributed by atoms with Gasteiger partial charge in [-0.2, -0.15) is 0 Å². The lowest BCUT2D eigenvalue weighted by Crippen LogP contribution is -2.51. The van der Waals surface area contributed by atoms with E-state index in [9.17, 15) is 0 Å². The third-order valence-electron chi connectivity index (χ3n) is 4.31. The summed E-state index contributed by atoms with van der Waals surface area (Å²) in [5.74, 6) is 0.